The van der Waals surface area contributed by atoms with Crippen LogP contribution in [0.3, 0.4) is 0 Å². The molecule has 1 rings (SSSR count). The Morgan fingerprint density at radius 3 is 2.76 bits per heavy atom. The monoisotopic (exact) mass is 242 g/mol. The van der Waals surface area contributed by atoms with Crippen molar-refractivity contribution in [3.05, 3.63) is 0 Å². The van der Waals surface area contributed by atoms with Gasteiger partial charge in [0.15, 0.2) is 0 Å². The highest BCUT2D eigenvalue weighted by atomic mass is 16.3. The normalized spacial score (nSPS) is 26.5. The van der Waals surface area contributed by atoms with E-state index in [1.54, 1.807) is 0 Å². The molecule has 2 atom stereocenters. The van der Waals surface area contributed by atoms with Gasteiger partial charge in [-0.1, -0.05) is 19.8 Å². The van der Waals surface area contributed by atoms with Gasteiger partial charge in [0.05, 0.1) is 5.60 Å². The molecule has 102 valence electrons. The molecule has 0 aromatic rings. The summed E-state index contributed by atoms with van der Waals surface area (Å²) in [6.45, 7) is 6.86. The maximum Gasteiger partial charge on any atom is 0.0741 e. The fourth-order valence-electron chi connectivity index (χ4n) is 2.76. The van der Waals surface area contributed by atoms with Crippen molar-refractivity contribution in [2.24, 2.45) is 5.73 Å². The van der Waals surface area contributed by atoms with E-state index < -0.39 is 5.60 Å². The van der Waals surface area contributed by atoms with Crippen LogP contribution in [0.15, 0.2) is 0 Å². The summed E-state index contributed by atoms with van der Waals surface area (Å²) in [5.41, 5.74) is 4.87. The summed E-state index contributed by atoms with van der Waals surface area (Å²) in [7, 11) is 0. The van der Waals surface area contributed by atoms with Gasteiger partial charge in [-0.05, 0) is 52.1 Å². The third-order valence-electron chi connectivity index (χ3n) is 4.07. The van der Waals surface area contributed by atoms with Gasteiger partial charge in [-0.25, -0.2) is 0 Å². The van der Waals surface area contributed by atoms with E-state index in [0.29, 0.717) is 6.54 Å². The highest BCUT2D eigenvalue weighted by Gasteiger charge is 2.21. The Morgan fingerprint density at radius 2 is 2.12 bits per heavy atom. The number of rotatable bonds is 6. The minimum Gasteiger partial charge on any atom is -0.389 e. The number of aliphatic hydroxyl groups is 1. The Kier molecular flexibility index (Phi) is 6.45. The number of nitrogens with two attached hydrogens (primary N) is 1. The Bertz CT molecular complexity index is 206. The molecular formula is C14H30N2O. The molecule has 17 heavy (non-hydrogen) atoms. The molecule has 1 aliphatic heterocycles. The second-order valence-electron chi connectivity index (χ2n) is 5.75. The molecule has 0 aliphatic carbocycles. The quantitative estimate of drug-likeness (QED) is 0.750. The summed E-state index contributed by atoms with van der Waals surface area (Å²) in [4.78, 5) is 2.62. The molecule has 0 saturated carbocycles. The predicted molar refractivity (Wildman–Crippen MR) is 73.0 cm³/mol. The largest absolute Gasteiger partial charge is 0.389 e. The van der Waals surface area contributed by atoms with Gasteiger partial charge in [0, 0.05) is 12.6 Å². The van der Waals surface area contributed by atoms with E-state index in [-0.39, 0.29) is 0 Å². The fourth-order valence-corrected chi connectivity index (χ4v) is 2.76. The summed E-state index contributed by atoms with van der Waals surface area (Å²) in [6, 6.07) is 0.764. The molecule has 0 radical (unpaired) electrons. The molecule has 3 N–H and O–H groups in total. The van der Waals surface area contributed by atoms with Crippen LogP contribution in [-0.4, -0.2) is 41.3 Å². The van der Waals surface area contributed by atoms with E-state index in [4.69, 9.17) is 5.73 Å². The molecule has 1 saturated heterocycles. The number of nitrogens with zero attached hydrogens (tertiary/aromatic N) is 1. The van der Waals surface area contributed by atoms with Crippen LogP contribution in [0.1, 0.15) is 58.8 Å². The highest BCUT2D eigenvalue weighted by Crippen LogP contribution is 2.20. The Labute approximate surface area is 106 Å². The van der Waals surface area contributed by atoms with Crippen molar-refractivity contribution in [1.29, 1.82) is 0 Å². The first-order valence-electron chi connectivity index (χ1n) is 7.25. The van der Waals surface area contributed by atoms with E-state index in [0.717, 1.165) is 25.4 Å². The van der Waals surface area contributed by atoms with Crippen LogP contribution in [0.4, 0.5) is 0 Å². The summed E-state index contributed by atoms with van der Waals surface area (Å²) < 4.78 is 0. The zero-order chi connectivity index (χ0) is 12.7. The lowest BCUT2D eigenvalue weighted by Gasteiger charge is -2.30. The first-order chi connectivity index (χ1) is 8.09. The Morgan fingerprint density at radius 1 is 1.35 bits per heavy atom. The second-order valence-corrected chi connectivity index (χ2v) is 5.75. The third-order valence-corrected chi connectivity index (χ3v) is 4.07. The van der Waals surface area contributed by atoms with Gasteiger partial charge >= 0.3 is 0 Å². The van der Waals surface area contributed by atoms with Crippen LogP contribution >= 0.6 is 0 Å². The first-order valence-corrected chi connectivity index (χ1v) is 7.25. The predicted octanol–water partition coefficient (Wildman–Crippen LogP) is 2.13. The highest BCUT2D eigenvalue weighted by molar-refractivity contribution is 4.77. The molecule has 0 aromatic carbocycles. The maximum atomic E-state index is 9.89. The van der Waals surface area contributed by atoms with E-state index in [1.165, 1.54) is 38.6 Å². The van der Waals surface area contributed by atoms with E-state index in [9.17, 15) is 5.11 Å². The molecule has 0 aromatic heterocycles. The molecular weight excluding hydrogens is 212 g/mol. The first kappa shape index (κ1) is 14.9. The average Bonchev–Trinajstić information content (AvgIpc) is 2.54. The average molecular weight is 242 g/mol. The van der Waals surface area contributed by atoms with Gasteiger partial charge in [-0.15, -0.1) is 0 Å². The summed E-state index contributed by atoms with van der Waals surface area (Å²) in [5.74, 6) is 0. The van der Waals surface area contributed by atoms with Gasteiger partial charge in [0.2, 0.25) is 0 Å². The van der Waals surface area contributed by atoms with E-state index in [1.807, 2.05) is 6.92 Å². The van der Waals surface area contributed by atoms with Gasteiger partial charge < -0.3 is 15.7 Å². The topological polar surface area (TPSA) is 49.5 Å². The van der Waals surface area contributed by atoms with Gasteiger partial charge in [0.1, 0.15) is 0 Å². The van der Waals surface area contributed by atoms with Gasteiger partial charge in [-0.3, -0.25) is 0 Å². The van der Waals surface area contributed by atoms with Crippen molar-refractivity contribution in [2.45, 2.75) is 70.4 Å². The zero-order valence-corrected chi connectivity index (χ0v) is 11.6. The second kappa shape index (κ2) is 7.34. The number of hydrogen-bond donors (Lipinski definition) is 2. The van der Waals surface area contributed by atoms with Crippen LogP contribution in [-0.2, 0) is 0 Å². The molecule has 1 fully saturated rings. The van der Waals surface area contributed by atoms with Gasteiger partial charge in [-0.2, -0.15) is 0 Å². The molecule has 0 spiro atoms. The molecule has 3 nitrogen and oxygen atoms in total. The molecule has 0 amide bonds. The lowest BCUT2D eigenvalue weighted by molar-refractivity contribution is 0.0522. The molecule has 2 unspecified atom stereocenters. The minimum atomic E-state index is -0.673. The Balaban J connectivity index is 2.32. The van der Waals surface area contributed by atoms with Crippen molar-refractivity contribution in [1.82, 2.24) is 4.90 Å². The maximum absolute atomic E-state index is 9.89. The molecule has 1 heterocycles. The SMILES string of the molecule is CCC1CCCCCN1CCCC(C)(O)CN. The van der Waals surface area contributed by atoms with E-state index in [2.05, 4.69) is 11.8 Å². The van der Waals surface area contributed by atoms with Crippen LogP contribution in [0.2, 0.25) is 0 Å². The fraction of sp³-hybridized carbons (Fsp3) is 1.00. The van der Waals surface area contributed by atoms with Crippen LogP contribution in [0, 0.1) is 0 Å². The van der Waals surface area contributed by atoms with Crippen molar-refractivity contribution in [2.75, 3.05) is 19.6 Å². The Hall–Kier alpha value is -0.120. The number of likely N-dealkylation sites (tertiary alicyclic amines) is 1. The standard InChI is InChI=1S/C14H30N2O/c1-3-13-8-5-4-6-10-16(13)11-7-9-14(2,17)12-15/h13,17H,3-12,15H2,1-2H3. The van der Waals surface area contributed by atoms with Crippen molar-refractivity contribution in [3.8, 4) is 0 Å². The molecule has 0 bridgehead atoms. The number of hydrogen-bond acceptors (Lipinski definition) is 3. The van der Waals surface area contributed by atoms with Crippen molar-refractivity contribution in [3.63, 3.8) is 0 Å². The zero-order valence-electron chi connectivity index (χ0n) is 11.6. The van der Waals surface area contributed by atoms with Crippen molar-refractivity contribution >= 4 is 0 Å². The van der Waals surface area contributed by atoms with Gasteiger partial charge in [0.25, 0.3) is 0 Å². The summed E-state index contributed by atoms with van der Waals surface area (Å²) in [6.07, 6.45) is 8.58. The lowest BCUT2D eigenvalue weighted by atomic mass is 10.00. The minimum absolute atomic E-state index is 0.365. The third kappa shape index (κ3) is 5.36. The lowest BCUT2D eigenvalue weighted by Crippen LogP contribution is -2.38. The summed E-state index contributed by atoms with van der Waals surface area (Å²) >= 11 is 0. The molecule has 1 aliphatic rings. The smallest absolute Gasteiger partial charge is 0.0741 e. The van der Waals surface area contributed by atoms with Crippen LogP contribution < -0.4 is 5.73 Å². The van der Waals surface area contributed by atoms with Crippen LogP contribution in [0.5, 0.6) is 0 Å². The van der Waals surface area contributed by atoms with E-state index >= 15 is 0 Å². The van der Waals surface area contributed by atoms with Crippen LogP contribution in [0.25, 0.3) is 0 Å². The molecule has 3 heteroatoms. The summed E-state index contributed by atoms with van der Waals surface area (Å²) in [5, 5.41) is 9.89. The van der Waals surface area contributed by atoms with Crippen molar-refractivity contribution < 1.29 is 5.11 Å².